The van der Waals surface area contributed by atoms with Gasteiger partial charge in [-0.25, -0.2) is 9.13 Å². The molecule has 0 amide bonds. The molecule has 2 unspecified atom stereocenters. The summed E-state index contributed by atoms with van der Waals surface area (Å²) in [5.41, 5.74) is 0. The molecule has 0 aliphatic carbocycles. The van der Waals surface area contributed by atoms with Gasteiger partial charge in [0, 0.05) is 25.7 Å². The fraction of sp³-hybridized carbons (Fsp3) is 0.946. The third-order valence-electron chi connectivity index (χ3n) is 17.3. The van der Waals surface area contributed by atoms with Gasteiger partial charge in [-0.2, -0.15) is 0 Å². The van der Waals surface area contributed by atoms with Gasteiger partial charge in [0.1, 0.15) is 19.3 Å². The molecule has 93 heavy (non-hydrogen) atoms. The summed E-state index contributed by atoms with van der Waals surface area (Å²) in [4.78, 5) is 72.7. The van der Waals surface area contributed by atoms with Crippen LogP contribution in [0.2, 0.25) is 0 Å². The molecule has 0 radical (unpaired) electrons. The molecule has 0 bridgehead atoms. The largest absolute Gasteiger partial charge is 0.472 e. The van der Waals surface area contributed by atoms with Crippen LogP contribution >= 0.6 is 15.6 Å². The number of phosphoric ester groups is 2. The van der Waals surface area contributed by atoms with Gasteiger partial charge in [0.2, 0.25) is 0 Å². The second kappa shape index (κ2) is 67.3. The van der Waals surface area contributed by atoms with Gasteiger partial charge in [-0.3, -0.25) is 37.3 Å². The van der Waals surface area contributed by atoms with Crippen LogP contribution in [0.3, 0.4) is 0 Å². The topological polar surface area (TPSA) is 237 Å². The fourth-order valence-corrected chi connectivity index (χ4v) is 12.9. The number of rotatable bonds is 74. The van der Waals surface area contributed by atoms with Crippen molar-refractivity contribution >= 4 is 39.5 Å². The Morgan fingerprint density at radius 3 is 0.731 bits per heavy atom. The van der Waals surface area contributed by atoms with Crippen molar-refractivity contribution in [2.45, 2.75) is 406 Å². The SMILES string of the molecule is CCCCCCCCCCCCCCCCCCC(=O)OC[C@H](COP(=O)(O)OC[C@@H](O)COP(=O)(O)OC[C@@H](COC(=O)CCCCCCCCCCC)OC(=O)CCCCCCCCCCCCCC)OC(=O)CCCCCCCCCCCCCCCC(C)C. The molecule has 0 fully saturated rings. The second-order valence-corrected chi connectivity index (χ2v) is 30.1. The molecule has 3 N–H and O–H groups in total. The average Bonchev–Trinajstić information content (AvgIpc) is 2.06. The van der Waals surface area contributed by atoms with E-state index in [4.69, 9.17) is 37.0 Å². The van der Waals surface area contributed by atoms with Gasteiger partial charge >= 0.3 is 39.5 Å². The van der Waals surface area contributed by atoms with Gasteiger partial charge in [-0.05, 0) is 31.6 Å². The monoisotopic (exact) mass is 1370 g/mol. The fourth-order valence-electron chi connectivity index (χ4n) is 11.4. The maximum Gasteiger partial charge on any atom is 0.472 e. The second-order valence-electron chi connectivity index (χ2n) is 27.2. The van der Waals surface area contributed by atoms with Crippen molar-refractivity contribution in [3.63, 3.8) is 0 Å². The molecule has 0 saturated carbocycles. The summed E-state index contributed by atoms with van der Waals surface area (Å²) in [6.45, 7) is 7.28. The normalized spacial score (nSPS) is 14.0. The van der Waals surface area contributed by atoms with Crippen LogP contribution in [0.5, 0.6) is 0 Å². The van der Waals surface area contributed by atoms with Crippen LogP contribution in [0.4, 0.5) is 0 Å². The Morgan fingerprint density at radius 2 is 0.495 bits per heavy atom. The molecule has 0 heterocycles. The van der Waals surface area contributed by atoms with Crippen molar-refractivity contribution in [1.29, 1.82) is 0 Å². The zero-order valence-corrected chi connectivity index (χ0v) is 62.2. The number of esters is 4. The highest BCUT2D eigenvalue weighted by atomic mass is 31.2. The van der Waals surface area contributed by atoms with Crippen molar-refractivity contribution in [3.8, 4) is 0 Å². The van der Waals surface area contributed by atoms with E-state index in [9.17, 15) is 43.2 Å². The van der Waals surface area contributed by atoms with E-state index in [1.165, 1.54) is 212 Å². The first-order valence-electron chi connectivity index (χ1n) is 38.6. The summed E-state index contributed by atoms with van der Waals surface area (Å²) in [5.74, 6) is -1.33. The predicted octanol–water partition coefficient (Wildman–Crippen LogP) is 21.7. The minimum Gasteiger partial charge on any atom is -0.462 e. The molecule has 19 heteroatoms. The number of carbonyl (C=O) groups is 4. The third-order valence-corrected chi connectivity index (χ3v) is 19.2. The van der Waals surface area contributed by atoms with E-state index < -0.39 is 97.5 Å². The molecule has 0 aromatic rings. The summed E-state index contributed by atoms with van der Waals surface area (Å²) in [6, 6.07) is 0. The lowest BCUT2D eigenvalue weighted by Gasteiger charge is -2.21. The van der Waals surface area contributed by atoms with Gasteiger partial charge in [0.05, 0.1) is 26.4 Å². The quantitative estimate of drug-likeness (QED) is 0.0222. The maximum atomic E-state index is 13.1. The molecule has 0 spiro atoms. The first-order valence-corrected chi connectivity index (χ1v) is 41.6. The van der Waals surface area contributed by atoms with Crippen molar-refractivity contribution < 1.29 is 80.2 Å². The number of hydrogen-bond donors (Lipinski definition) is 3. The van der Waals surface area contributed by atoms with Gasteiger partial charge in [-0.1, -0.05) is 336 Å². The molecular formula is C74H144O17P2. The first kappa shape index (κ1) is 91.1. The Morgan fingerprint density at radius 1 is 0.290 bits per heavy atom. The Balaban J connectivity index is 5.23. The number of carbonyl (C=O) groups excluding carboxylic acids is 4. The molecule has 5 atom stereocenters. The molecule has 0 aromatic carbocycles. The van der Waals surface area contributed by atoms with Crippen molar-refractivity contribution in [2.24, 2.45) is 5.92 Å². The minimum absolute atomic E-state index is 0.108. The standard InChI is InChI=1S/C74H144O17P2/c1-6-9-12-15-18-21-23-25-26-27-30-34-38-43-48-53-58-72(77)85-64-70(91-74(79)60-55-50-45-40-35-31-28-29-32-37-41-46-51-56-67(4)5)66-89-93(82,83)87-62-68(75)61-86-92(80,81)88-65-69(63-84-71(76)57-52-47-42-36-20-17-14-11-8-3)90-73(78)59-54-49-44-39-33-24-22-19-16-13-10-7-2/h67-70,75H,6-66H2,1-5H3,(H,80,81)(H,82,83)/t68-,69+,70+/m0/s1. The van der Waals surface area contributed by atoms with Crippen LogP contribution in [0.15, 0.2) is 0 Å². The number of unbranched alkanes of at least 4 members (excludes halogenated alkanes) is 46. The van der Waals surface area contributed by atoms with Crippen LogP contribution in [0, 0.1) is 5.92 Å². The number of ether oxygens (including phenoxy) is 4. The van der Waals surface area contributed by atoms with E-state index in [1.807, 2.05) is 0 Å². The Kier molecular flexibility index (Phi) is 65.9. The lowest BCUT2D eigenvalue weighted by molar-refractivity contribution is -0.161. The first-order chi connectivity index (χ1) is 45.0. The summed E-state index contributed by atoms with van der Waals surface area (Å²) >= 11 is 0. The van der Waals surface area contributed by atoms with E-state index in [-0.39, 0.29) is 25.7 Å². The van der Waals surface area contributed by atoms with Crippen molar-refractivity contribution in [2.75, 3.05) is 39.6 Å². The van der Waals surface area contributed by atoms with Gasteiger partial charge in [0.15, 0.2) is 12.2 Å². The summed E-state index contributed by atoms with van der Waals surface area (Å²) in [6.07, 6.45) is 55.4. The molecular weight excluding hydrogens is 1220 g/mol. The lowest BCUT2D eigenvalue weighted by Crippen LogP contribution is -2.30. The molecule has 0 aliphatic heterocycles. The minimum atomic E-state index is -4.95. The van der Waals surface area contributed by atoms with Crippen LogP contribution < -0.4 is 0 Å². The number of aliphatic hydroxyl groups is 1. The molecule has 552 valence electrons. The zero-order valence-electron chi connectivity index (χ0n) is 60.4. The zero-order chi connectivity index (χ0) is 68.4. The molecule has 0 aliphatic rings. The Bertz CT molecular complexity index is 1790. The van der Waals surface area contributed by atoms with Gasteiger partial charge in [-0.15, -0.1) is 0 Å². The summed E-state index contributed by atoms with van der Waals surface area (Å²) in [7, 11) is -9.90. The van der Waals surface area contributed by atoms with Gasteiger partial charge < -0.3 is 33.8 Å². The van der Waals surface area contributed by atoms with E-state index in [1.54, 1.807) is 0 Å². The Hall–Kier alpha value is -1.94. The highest BCUT2D eigenvalue weighted by Crippen LogP contribution is 2.45. The summed E-state index contributed by atoms with van der Waals surface area (Å²) in [5, 5.41) is 10.6. The molecule has 17 nitrogen and oxygen atoms in total. The van der Waals surface area contributed by atoms with E-state index in [0.29, 0.717) is 25.7 Å². The molecule has 0 rings (SSSR count). The number of phosphoric acid groups is 2. The predicted molar refractivity (Wildman–Crippen MR) is 377 cm³/mol. The van der Waals surface area contributed by atoms with Crippen molar-refractivity contribution in [1.82, 2.24) is 0 Å². The van der Waals surface area contributed by atoms with Crippen LogP contribution in [0.1, 0.15) is 388 Å². The van der Waals surface area contributed by atoms with Gasteiger partial charge in [0.25, 0.3) is 0 Å². The third kappa shape index (κ3) is 68.4. The van der Waals surface area contributed by atoms with Crippen LogP contribution in [-0.2, 0) is 65.4 Å². The lowest BCUT2D eigenvalue weighted by atomic mass is 10.0. The van der Waals surface area contributed by atoms with E-state index in [2.05, 4.69) is 34.6 Å². The van der Waals surface area contributed by atoms with E-state index in [0.717, 1.165) is 95.8 Å². The Labute approximate surface area is 568 Å². The smallest absolute Gasteiger partial charge is 0.462 e. The highest BCUT2D eigenvalue weighted by Gasteiger charge is 2.30. The van der Waals surface area contributed by atoms with Crippen LogP contribution in [0.25, 0.3) is 0 Å². The summed E-state index contributed by atoms with van der Waals surface area (Å²) < 4.78 is 68.4. The highest BCUT2D eigenvalue weighted by molar-refractivity contribution is 7.47. The maximum absolute atomic E-state index is 13.1. The average molecular weight is 1370 g/mol. The molecule has 0 aromatic heterocycles. The van der Waals surface area contributed by atoms with Crippen LogP contribution in [-0.4, -0.2) is 96.7 Å². The number of aliphatic hydroxyl groups excluding tert-OH is 1. The van der Waals surface area contributed by atoms with E-state index >= 15 is 0 Å². The number of hydrogen-bond acceptors (Lipinski definition) is 15. The van der Waals surface area contributed by atoms with Crippen molar-refractivity contribution in [3.05, 3.63) is 0 Å². The molecule has 0 saturated heterocycles.